The molecule has 3 rings (SSSR count). The van der Waals surface area contributed by atoms with Gasteiger partial charge in [0.25, 0.3) is 5.82 Å². The number of carboxylic acid groups (broad SMARTS) is 1. The van der Waals surface area contributed by atoms with Crippen molar-refractivity contribution >= 4 is 51.5 Å². The number of aliphatic hydroxyl groups excluding tert-OH is 1. The second kappa shape index (κ2) is 15.7. The zero-order valence-electron chi connectivity index (χ0n) is 20.7. The van der Waals surface area contributed by atoms with Crippen LogP contribution in [-0.4, -0.2) is 72.7 Å². The molecule has 2 heterocycles. The Morgan fingerprint density at radius 1 is 1.24 bits per heavy atom. The van der Waals surface area contributed by atoms with Crippen LogP contribution < -0.4 is 25.0 Å². The molecule has 0 fully saturated rings. The number of ether oxygens (including phenoxy) is 3. The molecule has 0 aliphatic rings. The van der Waals surface area contributed by atoms with Gasteiger partial charge in [0.05, 0.1) is 52.9 Å². The maximum atomic E-state index is 12.1. The molecule has 0 saturated heterocycles. The lowest BCUT2D eigenvalue weighted by molar-refractivity contribution is -0.681. The standard InChI is InChI=1S/C22H30BrN6O5.CH2O2/c1-3-28-18-12-16(32-2)4-5-17(18)29(6-8-33-10-11-34-9-7-30)20(28)14-27(15-31)22-21(24)25-13-19(23)26-22;2-1-3/h4-5,12-13,15,30H,3,6-11,14H2,1-2H3,(H2,24,25);1H,(H,2,3)/q+1;/p-1. The van der Waals surface area contributed by atoms with Crippen LogP contribution in [0.1, 0.15) is 12.7 Å². The Balaban J connectivity index is 0.00000153. The van der Waals surface area contributed by atoms with Crippen molar-refractivity contribution in [3.8, 4) is 5.75 Å². The number of nitrogens with zero attached hydrogens (tertiary/aromatic N) is 5. The number of rotatable bonds is 14. The first-order chi connectivity index (χ1) is 17.9. The predicted molar refractivity (Wildman–Crippen MR) is 136 cm³/mol. The molecule has 1 amide bonds. The summed E-state index contributed by atoms with van der Waals surface area (Å²) in [5.74, 6) is 2.05. The van der Waals surface area contributed by atoms with Crippen LogP contribution in [-0.2, 0) is 38.7 Å². The van der Waals surface area contributed by atoms with Crippen LogP contribution in [0.5, 0.6) is 5.75 Å². The summed E-state index contributed by atoms with van der Waals surface area (Å²) >= 11 is 3.29. The lowest BCUT2D eigenvalue weighted by atomic mass is 10.3. The zero-order chi connectivity index (χ0) is 27.2. The number of aliphatic hydroxyl groups is 1. The Labute approximate surface area is 222 Å². The molecule has 0 spiro atoms. The van der Waals surface area contributed by atoms with Crippen LogP contribution >= 0.6 is 15.9 Å². The molecule has 0 radical (unpaired) electrons. The van der Waals surface area contributed by atoms with E-state index in [1.807, 2.05) is 25.1 Å². The number of hydrogen-bond donors (Lipinski definition) is 2. The van der Waals surface area contributed by atoms with Crippen LogP contribution in [0.15, 0.2) is 29.0 Å². The molecule has 14 heteroatoms. The fraction of sp³-hybridized carbons (Fsp3) is 0.435. The van der Waals surface area contributed by atoms with Crippen LogP contribution in [0, 0.1) is 0 Å². The SMILES string of the molecule is CCn1c(CN(C=O)c2nc(Br)cnc2N)[n+](CCOCCOCCO)c2ccc(OC)cc21.O=C[O-]. The number of amides is 1. The van der Waals surface area contributed by atoms with Crippen molar-refractivity contribution in [3.63, 3.8) is 0 Å². The molecule has 1 aromatic carbocycles. The molecule has 3 N–H and O–H groups in total. The summed E-state index contributed by atoms with van der Waals surface area (Å²) in [6, 6.07) is 5.87. The van der Waals surface area contributed by atoms with E-state index < -0.39 is 6.47 Å². The van der Waals surface area contributed by atoms with E-state index in [9.17, 15) is 4.79 Å². The first-order valence-electron chi connectivity index (χ1n) is 11.4. The van der Waals surface area contributed by atoms with Crippen LogP contribution in [0.3, 0.4) is 0 Å². The Hall–Kier alpha value is -3.33. The van der Waals surface area contributed by atoms with Gasteiger partial charge in [-0.2, -0.15) is 0 Å². The van der Waals surface area contributed by atoms with Gasteiger partial charge < -0.3 is 35.0 Å². The van der Waals surface area contributed by atoms with Gasteiger partial charge in [0, 0.05) is 12.5 Å². The number of anilines is 2. The number of imidazole rings is 1. The highest BCUT2D eigenvalue weighted by Gasteiger charge is 2.28. The maximum absolute atomic E-state index is 12.1. The number of halogens is 1. The van der Waals surface area contributed by atoms with Crippen molar-refractivity contribution in [2.24, 2.45) is 0 Å². The van der Waals surface area contributed by atoms with Gasteiger partial charge >= 0.3 is 0 Å². The summed E-state index contributed by atoms with van der Waals surface area (Å²) in [4.78, 5) is 30.2. The third kappa shape index (κ3) is 8.08. The van der Waals surface area contributed by atoms with Gasteiger partial charge in [0.15, 0.2) is 22.7 Å². The second-order valence-electron chi connectivity index (χ2n) is 7.35. The Bertz CT molecular complexity index is 1160. The third-order valence-corrected chi connectivity index (χ3v) is 5.62. The van der Waals surface area contributed by atoms with Crippen LogP contribution in [0.4, 0.5) is 11.6 Å². The monoisotopic (exact) mass is 582 g/mol. The minimum Gasteiger partial charge on any atom is -0.554 e. The van der Waals surface area contributed by atoms with Crippen molar-refractivity contribution in [1.82, 2.24) is 14.5 Å². The molecule has 13 nitrogen and oxygen atoms in total. The minimum atomic E-state index is -0.500. The number of carbonyl (C=O) groups excluding carboxylic acids is 2. The Morgan fingerprint density at radius 3 is 2.57 bits per heavy atom. The van der Waals surface area contributed by atoms with E-state index in [1.54, 1.807) is 7.11 Å². The lowest BCUT2D eigenvalue weighted by Crippen LogP contribution is -2.43. The van der Waals surface area contributed by atoms with E-state index in [-0.39, 0.29) is 31.4 Å². The summed E-state index contributed by atoms with van der Waals surface area (Å²) < 4.78 is 21.1. The quantitative estimate of drug-likeness (QED) is 0.145. The zero-order valence-corrected chi connectivity index (χ0v) is 22.3. The highest BCUT2D eigenvalue weighted by Crippen LogP contribution is 2.24. The van der Waals surface area contributed by atoms with Crippen molar-refractivity contribution < 1.29 is 38.6 Å². The number of fused-ring (bicyclic) bond motifs is 1. The summed E-state index contributed by atoms with van der Waals surface area (Å²) in [7, 11) is 1.63. The number of aromatic nitrogens is 4. The number of benzene rings is 1. The third-order valence-electron chi connectivity index (χ3n) is 5.23. The van der Waals surface area contributed by atoms with Gasteiger partial charge in [0.1, 0.15) is 23.4 Å². The smallest absolute Gasteiger partial charge is 0.277 e. The first kappa shape index (κ1) is 29.9. The maximum Gasteiger partial charge on any atom is 0.277 e. The van der Waals surface area contributed by atoms with E-state index in [1.165, 1.54) is 11.1 Å². The van der Waals surface area contributed by atoms with E-state index in [2.05, 4.69) is 35.0 Å². The molecule has 0 bridgehead atoms. The predicted octanol–water partition coefficient (Wildman–Crippen LogP) is -0.353. The molecule has 0 saturated carbocycles. The van der Waals surface area contributed by atoms with Crippen molar-refractivity contribution in [2.75, 3.05) is 50.8 Å². The first-order valence-corrected chi connectivity index (χ1v) is 12.2. The molecule has 202 valence electrons. The number of carbonyl (C=O) groups is 2. The summed E-state index contributed by atoms with van der Waals surface area (Å²) in [5.41, 5.74) is 7.97. The van der Waals surface area contributed by atoms with E-state index in [4.69, 9.17) is 35.0 Å². The summed E-state index contributed by atoms with van der Waals surface area (Å²) in [6.45, 7) is 4.53. The molecular formula is C23H31BrN6O7. The van der Waals surface area contributed by atoms with Crippen molar-refractivity contribution in [1.29, 1.82) is 0 Å². The van der Waals surface area contributed by atoms with Gasteiger partial charge in [-0.15, -0.1) is 0 Å². The average molecular weight is 583 g/mol. The molecule has 3 aromatic rings. The fourth-order valence-corrected chi connectivity index (χ4v) is 3.98. The molecule has 0 aliphatic carbocycles. The highest BCUT2D eigenvalue weighted by atomic mass is 79.9. The average Bonchev–Trinajstić information content (AvgIpc) is 3.19. The van der Waals surface area contributed by atoms with Crippen molar-refractivity contribution in [3.05, 3.63) is 34.8 Å². The molecule has 2 aromatic heterocycles. The Morgan fingerprint density at radius 2 is 1.95 bits per heavy atom. The summed E-state index contributed by atoms with van der Waals surface area (Å²) in [6.07, 6.45) is 2.18. The van der Waals surface area contributed by atoms with E-state index >= 15 is 0 Å². The van der Waals surface area contributed by atoms with E-state index in [0.717, 1.165) is 22.6 Å². The molecule has 0 atom stereocenters. The van der Waals surface area contributed by atoms with Gasteiger partial charge in [-0.1, -0.05) is 0 Å². The minimum absolute atomic E-state index is 0.0146. The van der Waals surface area contributed by atoms with Crippen LogP contribution in [0.2, 0.25) is 0 Å². The number of nitrogens with two attached hydrogens (primary N) is 1. The van der Waals surface area contributed by atoms with Gasteiger partial charge in [-0.3, -0.25) is 9.69 Å². The van der Waals surface area contributed by atoms with E-state index in [0.29, 0.717) is 43.9 Å². The largest absolute Gasteiger partial charge is 0.554 e. The molecule has 37 heavy (non-hydrogen) atoms. The molecule has 0 aliphatic heterocycles. The number of aryl methyl sites for hydroxylation is 1. The topological polar surface area (TPSA) is 169 Å². The van der Waals surface area contributed by atoms with Gasteiger partial charge in [-0.25, -0.2) is 19.1 Å². The normalized spacial score (nSPS) is 10.6. The van der Waals surface area contributed by atoms with Crippen LogP contribution in [0.25, 0.3) is 11.0 Å². The lowest BCUT2D eigenvalue weighted by Gasteiger charge is -2.17. The number of methoxy groups -OCH3 is 1. The molecule has 0 unspecified atom stereocenters. The number of hydrogen-bond acceptors (Lipinski definition) is 10. The molecular weight excluding hydrogens is 552 g/mol. The van der Waals surface area contributed by atoms with Gasteiger partial charge in [-0.05, 0) is 35.0 Å². The second-order valence-corrected chi connectivity index (χ2v) is 8.16. The highest BCUT2D eigenvalue weighted by molar-refractivity contribution is 9.10. The summed E-state index contributed by atoms with van der Waals surface area (Å²) in [5, 5.41) is 17.0. The van der Waals surface area contributed by atoms with Gasteiger partial charge in [0.2, 0.25) is 6.41 Å². The number of nitrogen functional groups attached to an aromatic ring is 1. The van der Waals surface area contributed by atoms with Crippen molar-refractivity contribution in [2.45, 2.75) is 26.6 Å². The Kier molecular flexibility index (Phi) is 12.7. The fourth-order valence-electron chi connectivity index (χ4n) is 3.71.